The molecule has 1 atom stereocenters. The predicted molar refractivity (Wildman–Crippen MR) is 126 cm³/mol. The Labute approximate surface area is 193 Å². The third-order valence-electron chi connectivity index (χ3n) is 5.74. The molecule has 3 aromatic rings. The Balaban J connectivity index is 1.62. The minimum absolute atomic E-state index is 0.0197. The van der Waals surface area contributed by atoms with Crippen LogP contribution in [-0.4, -0.2) is 31.9 Å². The number of hydrogen-bond donors (Lipinski definition) is 2. The van der Waals surface area contributed by atoms with Crippen molar-refractivity contribution in [2.24, 2.45) is 0 Å². The van der Waals surface area contributed by atoms with E-state index in [1.165, 1.54) is 74.3 Å². The van der Waals surface area contributed by atoms with Crippen molar-refractivity contribution in [3.63, 3.8) is 0 Å². The van der Waals surface area contributed by atoms with Crippen LogP contribution in [-0.2, 0) is 11.3 Å². The van der Waals surface area contributed by atoms with Gasteiger partial charge in [0.2, 0.25) is 0 Å². The van der Waals surface area contributed by atoms with Crippen molar-refractivity contribution in [1.82, 2.24) is 4.98 Å². The molecule has 1 aliphatic carbocycles. The van der Waals surface area contributed by atoms with Gasteiger partial charge in [-0.15, -0.1) is 11.3 Å². The van der Waals surface area contributed by atoms with Gasteiger partial charge in [-0.2, -0.15) is 0 Å². The number of methoxy groups -OCH3 is 1. The van der Waals surface area contributed by atoms with Crippen LogP contribution in [0.1, 0.15) is 53.9 Å². The number of carboxylic acid groups (broad SMARTS) is 1. The first-order chi connectivity index (χ1) is 15.5. The molecule has 9 heteroatoms. The van der Waals surface area contributed by atoms with E-state index in [0.29, 0.717) is 5.92 Å². The molecule has 1 fully saturated rings. The lowest BCUT2D eigenvalue weighted by atomic mass is 9.84. The second-order valence-corrected chi connectivity index (χ2v) is 9.37. The van der Waals surface area contributed by atoms with Crippen molar-refractivity contribution < 1.29 is 23.4 Å². The maximum absolute atomic E-state index is 12.2. The van der Waals surface area contributed by atoms with Gasteiger partial charge in [-0.05, 0) is 42.5 Å². The molecule has 7 nitrogen and oxygen atoms in total. The highest BCUT2D eigenvalue weighted by Crippen LogP contribution is 2.38. The smallest absolute Gasteiger partial charge is 0.335 e. The highest BCUT2D eigenvalue weighted by atomic mass is 32.2. The Morgan fingerprint density at radius 3 is 2.50 bits per heavy atom. The number of carbonyl (C=O) groups is 1. The lowest BCUT2D eigenvalue weighted by molar-refractivity contribution is 0.0696. The number of benzene rings is 2. The topological polar surface area (TPSA) is 100.0 Å². The molecule has 0 amide bonds. The van der Waals surface area contributed by atoms with Crippen molar-refractivity contribution in [3.8, 4) is 16.3 Å². The number of nitrogens with zero attached hydrogens (tertiary/aromatic N) is 2. The summed E-state index contributed by atoms with van der Waals surface area (Å²) >= 11 is -1.06. The quantitative estimate of drug-likeness (QED) is 0.419. The lowest BCUT2D eigenvalue weighted by Gasteiger charge is -2.22. The van der Waals surface area contributed by atoms with E-state index in [4.69, 9.17) is 4.74 Å². The zero-order valence-corrected chi connectivity index (χ0v) is 19.2. The van der Waals surface area contributed by atoms with Gasteiger partial charge in [0.1, 0.15) is 16.4 Å². The number of ether oxygens (including phenoxy) is 1. The first-order valence-electron chi connectivity index (χ1n) is 10.4. The summed E-state index contributed by atoms with van der Waals surface area (Å²) in [6.07, 6.45) is 6.37. The van der Waals surface area contributed by atoms with E-state index in [2.05, 4.69) is 29.2 Å². The molecule has 1 aromatic heterocycles. The van der Waals surface area contributed by atoms with Crippen LogP contribution in [0.3, 0.4) is 0 Å². The molecule has 2 aromatic carbocycles. The fraction of sp³-hybridized carbons (Fsp3) is 0.304. The molecule has 4 rings (SSSR count). The van der Waals surface area contributed by atoms with Crippen LogP contribution in [0.2, 0.25) is 0 Å². The van der Waals surface area contributed by atoms with Gasteiger partial charge in [0.05, 0.1) is 12.7 Å². The Bertz CT molecular complexity index is 1120. The molecule has 2 N–H and O–H groups in total. The normalized spacial score (nSPS) is 15.3. The van der Waals surface area contributed by atoms with Gasteiger partial charge < -0.3 is 9.84 Å². The summed E-state index contributed by atoms with van der Waals surface area (Å²) in [5.41, 5.74) is 2.57. The predicted octanol–water partition coefficient (Wildman–Crippen LogP) is 5.84. The molecular weight excluding hydrogens is 448 g/mol. The number of hydrogen-bond acceptors (Lipinski definition) is 5. The number of thiazole rings is 1. The maximum Gasteiger partial charge on any atom is 0.335 e. The first kappa shape index (κ1) is 22.4. The molecule has 1 saturated carbocycles. The number of rotatable bonds is 7. The van der Waals surface area contributed by atoms with E-state index in [-0.39, 0.29) is 22.8 Å². The standard InChI is InChI=1S/C23H24N2O5S2/c1-30-20-13-18(23(26)27)11-12-19(20)25(32(28)29)21-14-31-22(24-21)17-9-7-16(8-10-17)15-5-3-2-4-6-15/h7-15H,2-6H2,1H3,(H,26,27)(H,28,29). The van der Waals surface area contributed by atoms with Gasteiger partial charge in [-0.25, -0.2) is 18.3 Å². The molecule has 168 valence electrons. The SMILES string of the molecule is COc1cc(C(=O)O)ccc1N(c1csc(-c2ccc(C3CCCCC3)cc2)n1)S(=O)O. The second kappa shape index (κ2) is 9.81. The largest absolute Gasteiger partial charge is 0.495 e. The Hall–Kier alpha value is -2.75. The molecule has 0 saturated heterocycles. The van der Waals surface area contributed by atoms with Crippen molar-refractivity contribution in [2.45, 2.75) is 38.0 Å². The summed E-state index contributed by atoms with van der Waals surface area (Å²) < 4.78 is 28.5. The van der Waals surface area contributed by atoms with Crippen LogP contribution >= 0.6 is 11.3 Å². The van der Waals surface area contributed by atoms with Crippen molar-refractivity contribution >= 4 is 40.1 Å². The molecule has 0 bridgehead atoms. The van der Waals surface area contributed by atoms with E-state index in [9.17, 15) is 18.7 Å². The molecule has 1 unspecified atom stereocenters. The average Bonchev–Trinajstić information content (AvgIpc) is 3.29. The lowest BCUT2D eigenvalue weighted by Crippen LogP contribution is -2.20. The van der Waals surface area contributed by atoms with E-state index < -0.39 is 17.2 Å². The van der Waals surface area contributed by atoms with Crippen LogP contribution in [0.15, 0.2) is 47.8 Å². The molecular formula is C23H24N2O5S2. The van der Waals surface area contributed by atoms with Gasteiger partial charge in [-0.3, -0.25) is 4.55 Å². The van der Waals surface area contributed by atoms with Crippen LogP contribution in [0.25, 0.3) is 10.6 Å². The van der Waals surface area contributed by atoms with Gasteiger partial charge in [-0.1, -0.05) is 43.5 Å². The zero-order chi connectivity index (χ0) is 22.7. The van der Waals surface area contributed by atoms with Crippen LogP contribution in [0.4, 0.5) is 11.5 Å². The molecule has 0 spiro atoms. The molecule has 0 radical (unpaired) electrons. The minimum atomic E-state index is -2.43. The Morgan fingerprint density at radius 2 is 1.88 bits per heavy atom. The monoisotopic (exact) mass is 472 g/mol. The van der Waals surface area contributed by atoms with Crippen LogP contribution in [0, 0.1) is 0 Å². The van der Waals surface area contributed by atoms with Crippen LogP contribution in [0.5, 0.6) is 5.75 Å². The third-order valence-corrected chi connectivity index (χ3v) is 7.31. The van der Waals surface area contributed by atoms with E-state index in [1.54, 1.807) is 5.38 Å². The van der Waals surface area contributed by atoms with Gasteiger partial charge in [0, 0.05) is 10.9 Å². The number of carboxylic acids is 1. The molecule has 0 aliphatic heterocycles. The molecule has 1 heterocycles. The first-order valence-corrected chi connectivity index (χ1v) is 12.3. The highest BCUT2D eigenvalue weighted by molar-refractivity contribution is 7.81. The molecule has 32 heavy (non-hydrogen) atoms. The number of aromatic carboxylic acids is 1. The van der Waals surface area contributed by atoms with E-state index in [0.717, 1.165) is 14.9 Å². The van der Waals surface area contributed by atoms with Gasteiger partial charge >= 0.3 is 5.97 Å². The molecule has 1 aliphatic rings. The number of anilines is 2. The van der Waals surface area contributed by atoms with E-state index >= 15 is 0 Å². The fourth-order valence-corrected chi connectivity index (χ4v) is 5.52. The van der Waals surface area contributed by atoms with E-state index in [1.807, 2.05) is 0 Å². The Morgan fingerprint density at radius 1 is 1.16 bits per heavy atom. The summed E-state index contributed by atoms with van der Waals surface area (Å²) in [6, 6.07) is 12.5. The summed E-state index contributed by atoms with van der Waals surface area (Å²) in [6.45, 7) is 0. The van der Waals surface area contributed by atoms with Gasteiger partial charge in [0.25, 0.3) is 11.3 Å². The summed E-state index contributed by atoms with van der Waals surface area (Å²) in [5.74, 6) is -0.0420. The average molecular weight is 473 g/mol. The van der Waals surface area contributed by atoms with Crippen LogP contribution < -0.4 is 9.04 Å². The minimum Gasteiger partial charge on any atom is -0.495 e. The summed E-state index contributed by atoms with van der Waals surface area (Å²) in [4.78, 5) is 15.8. The third kappa shape index (κ3) is 4.69. The second-order valence-electron chi connectivity index (χ2n) is 7.68. The van der Waals surface area contributed by atoms with Crippen molar-refractivity contribution in [1.29, 1.82) is 0 Å². The Kier molecular flexibility index (Phi) is 6.88. The van der Waals surface area contributed by atoms with Crippen molar-refractivity contribution in [2.75, 3.05) is 11.4 Å². The zero-order valence-electron chi connectivity index (χ0n) is 17.6. The maximum atomic E-state index is 12.2. The van der Waals surface area contributed by atoms with Gasteiger partial charge in [0.15, 0.2) is 5.82 Å². The van der Waals surface area contributed by atoms with Crippen molar-refractivity contribution in [3.05, 3.63) is 59.0 Å². The summed E-state index contributed by atoms with van der Waals surface area (Å²) in [5, 5.41) is 11.6. The summed E-state index contributed by atoms with van der Waals surface area (Å²) in [7, 11) is 1.38. The highest BCUT2D eigenvalue weighted by Gasteiger charge is 2.24. The fourth-order valence-electron chi connectivity index (χ4n) is 4.09. The number of aromatic nitrogens is 1.